The first kappa shape index (κ1) is 15.4. The number of aromatic nitrogens is 3. The predicted molar refractivity (Wildman–Crippen MR) is 78.1 cm³/mol. The predicted octanol–water partition coefficient (Wildman–Crippen LogP) is -0.340. The summed E-state index contributed by atoms with van der Waals surface area (Å²) in [6.45, 7) is 7.24. The third kappa shape index (κ3) is 3.13. The lowest BCUT2D eigenvalue weighted by Gasteiger charge is -2.34. The van der Waals surface area contributed by atoms with Crippen LogP contribution in [0.3, 0.4) is 0 Å². The summed E-state index contributed by atoms with van der Waals surface area (Å²) in [4.78, 5) is 16.5. The quantitative estimate of drug-likeness (QED) is 0.758. The molecule has 3 heterocycles. The van der Waals surface area contributed by atoms with Crippen molar-refractivity contribution in [3.05, 3.63) is 11.6 Å². The zero-order chi connectivity index (χ0) is 15.5. The van der Waals surface area contributed by atoms with Gasteiger partial charge >= 0.3 is 0 Å². The number of carbonyl (C=O) groups is 1. The molecule has 8 heteroatoms. The molecule has 0 spiro atoms. The minimum absolute atomic E-state index is 0.149. The molecule has 122 valence electrons. The second kappa shape index (κ2) is 6.72. The Hall–Kier alpha value is -1.51. The van der Waals surface area contributed by atoms with Gasteiger partial charge < -0.3 is 18.9 Å². The molecule has 1 aromatic rings. The summed E-state index contributed by atoms with van der Waals surface area (Å²) in [6, 6.07) is 0.164. The molecule has 22 heavy (non-hydrogen) atoms. The van der Waals surface area contributed by atoms with Gasteiger partial charge in [0.15, 0.2) is 11.6 Å². The van der Waals surface area contributed by atoms with Gasteiger partial charge in [-0.1, -0.05) is 0 Å². The van der Waals surface area contributed by atoms with E-state index in [0.717, 1.165) is 24.7 Å². The van der Waals surface area contributed by atoms with E-state index in [1.54, 1.807) is 7.11 Å². The second-order valence-corrected chi connectivity index (χ2v) is 5.85. The summed E-state index contributed by atoms with van der Waals surface area (Å²) in [6.07, 6.45) is 0. The van der Waals surface area contributed by atoms with Gasteiger partial charge in [0.1, 0.15) is 6.61 Å². The van der Waals surface area contributed by atoms with Crippen molar-refractivity contribution in [3.63, 3.8) is 0 Å². The van der Waals surface area contributed by atoms with Crippen LogP contribution in [0.25, 0.3) is 0 Å². The Bertz CT molecular complexity index is 527. The Balaban J connectivity index is 1.65. The maximum absolute atomic E-state index is 12.5. The van der Waals surface area contributed by atoms with E-state index < -0.39 is 0 Å². The molecule has 2 aliphatic heterocycles. The van der Waals surface area contributed by atoms with Crippen LogP contribution in [0, 0.1) is 0 Å². The third-order valence-electron chi connectivity index (χ3n) is 4.18. The molecule has 2 aliphatic rings. The van der Waals surface area contributed by atoms with Gasteiger partial charge in [0.2, 0.25) is 5.91 Å². The number of hydrogen-bond donors (Lipinski definition) is 0. The van der Waals surface area contributed by atoms with Crippen molar-refractivity contribution >= 4 is 5.91 Å². The molecule has 0 unspecified atom stereocenters. The van der Waals surface area contributed by atoms with E-state index in [1.807, 2.05) is 4.90 Å². The van der Waals surface area contributed by atoms with Crippen LogP contribution in [0.2, 0.25) is 0 Å². The van der Waals surface area contributed by atoms with Gasteiger partial charge in [0.25, 0.3) is 0 Å². The highest BCUT2D eigenvalue weighted by Crippen LogP contribution is 2.22. The summed E-state index contributed by atoms with van der Waals surface area (Å²) in [7, 11) is 1.65. The molecule has 0 radical (unpaired) electrons. The molecule has 0 aromatic carbocycles. The van der Waals surface area contributed by atoms with Gasteiger partial charge in [-0.2, -0.15) is 0 Å². The van der Waals surface area contributed by atoms with E-state index in [0.29, 0.717) is 39.5 Å². The number of fused-ring (bicyclic) bond motifs is 1. The highest BCUT2D eigenvalue weighted by Gasteiger charge is 2.29. The Morgan fingerprint density at radius 3 is 2.86 bits per heavy atom. The summed E-state index contributed by atoms with van der Waals surface area (Å²) >= 11 is 0. The molecule has 1 aromatic heterocycles. The molecular weight excluding hydrogens is 286 g/mol. The number of nitrogens with zero attached hydrogens (tertiary/aromatic N) is 5. The summed E-state index contributed by atoms with van der Waals surface area (Å²) in [5.74, 6) is 1.81. The van der Waals surface area contributed by atoms with Crippen LogP contribution in [0.4, 0.5) is 0 Å². The first-order valence-electron chi connectivity index (χ1n) is 7.68. The number of ether oxygens (including phenoxy) is 2. The van der Waals surface area contributed by atoms with Crippen molar-refractivity contribution < 1.29 is 14.3 Å². The topological polar surface area (TPSA) is 72.7 Å². The van der Waals surface area contributed by atoms with Crippen LogP contribution in [0.1, 0.15) is 24.6 Å². The van der Waals surface area contributed by atoms with E-state index in [-0.39, 0.29) is 11.9 Å². The maximum atomic E-state index is 12.5. The van der Waals surface area contributed by atoms with E-state index >= 15 is 0 Å². The largest absolute Gasteiger partial charge is 0.379 e. The molecule has 0 aliphatic carbocycles. The van der Waals surface area contributed by atoms with Crippen LogP contribution in [0.15, 0.2) is 0 Å². The van der Waals surface area contributed by atoms with Crippen LogP contribution in [0.5, 0.6) is 0 Å². The van der Waals surface area contributed by atoms with Crippen LogP contribution in [-0.2, 0) is 27.4 Å². The van der Waals surface area contributed by atoms with Gasteiger partial charge in [-0.25, -0.2) is 0 Å². The minimum atomic E-state index is 0.149. The van der Waals surface area contributed by atoms with Crippen LogP contribution in [-0.4, -0.2) is 77.0 Å². The van der Waals surface area contributed by atoms with Gasteiger partial charge in [-0.15, -0.1) is 10.2 Å². The lowest BCUT2D eigenvalue weighted by molar-refractivity contribution is -0.135. The summed E-state index contributed by atoms with van der Waals surface area (Å²) < 4.78 is 12.6. The van der Waals surface area contributed by atoms with E-state index in [9.17, 15) is 4.79 Å². The van der Waals surface area contributed by atoms with Gasteiger partial charge in [-0.3, -0.25) is 9.69 Å². The van der Waals surface area contributed by atoms with E-state index in [2.05, 4.69) is 26.6 Å². The van der Waals surface area contributed by atoms with Gasteiger partial charge in [0.05, 0.1) is 32.3 Å². The number of rotatable bonds is 4. The van der Waals surface area contributed by atoms with Crippen molar-refractivity contribution in [1.29, 1.82) is 0 Å². The Morgan fingerprint density at radius 2 is 2.14 bits per heavy atom. The average molecular weight is 309 g/mol. The number of carbonyl (C=O) groups excluding carboxylic acids is 1. The van der Waals surface area contributed by atoms with Crippen LogP contribution < -0.4 is 0 Å². The lowest BCUT2D eigenvalue weighted by Crippen LogP contribution is -2.47. The van der Waals surface area contributed by atoms with Crippen molar-refractivity contribution in [2.75, 3.05) is 46.5 Å². The summed E-state index contributed by atoms with van der Waals surface area (Å²) in [5.41, 5.74) is 0. The van der Waals surface area contributed by atoms with Crippen molar-refractivity contribution in [2.45, 2.75) is 26.1 Å². The Morgan fingerprint density at radius 1 is 1.36 bits per heavy atom. The number of hydrogen-bond acceptors (Lipinski definition) is 6. The smallest absolute Gasteiger partial charge is 0.237 e. The highest BCUT2D eigenvalue weighted by molar-refractivity contribution is 5.78. The molecule has 3 rings (SSSR count). The third-order valence-corrected chi connectivity index (χ3v) is 4.18. The zero-order valence-corrected chi connectivity index (χ0v) is 13.2. The molecule has 0 saturated carbocycles. The normalized spacial score (nSPS) is 22.6. The zero-order valence-electron chi connectivity index (χ0n) is 13.2. The first-order valence-corrected chi connectivity index (χ1v) is 7.68. The summed E-state index contributed by atoms with van der Waals surface area (Å²) in [5, 5.41) is 8.38. The minimum Gasteiger partial charge on any atom is -0.379 e. The van der Waals surface area contributed by atoms with Crippen molar-refractivity contribution in [1.82, 2.24) is 24.6 Å². The van der Waals surface area contributed by atoms with E-state index in [1.165, 1.54) is 0 Å². The van der Waals surface area contributed by atoms with E-state index in [4.69, 9.17) is 9.47 Å². The fourth-order valence-electron chi connectivity index (χ4n) is 3.08. The number of morpholine rings is 1. The monoisotopic (exact) mass is 309 g/mol. The molecular formula is C14H23N5O3. The SMILES string of the molecule is COCc1nnc2n1[C@@H](C)CN(C(=O)CN1CCOCC1)C2. The standard InChI is InChI=1S/C14H23N5O3/c1-11-7-18(14(20)9-17-3-5-22-6-4-17)8-12-15-16-13(10-21-2)19(11)12/h11H,3-10H2,1-2H3/t11-/m0/s1. The molecule has 1 amide bonds. The lowest BCUT2D eigenvalue weighted by atomic mass is 10.2. The Labute approximate surface area is 130 Å². The fourth-order valence-corrected chi connectivity index (χ4v) is 3.08. The van der Waals surface area contributed by atoms with Gasteiger partial charge in [-0.05, 0) is 6.92 Å². The molecule has 0 bridgehead atoms. The molecule has 1 fully saturated rings. The fraction of sp³-hybridized carbons (Fsp3) is 0.786. The number of amides is 1. The average Bonchev–Trinajstić information content (AvgIpc) is 2.92. The van der Waals surface area contributed by atoms with Gasteiger partial charge in [0, 0.05) is 26.7 Å². The molecule has 0 N–H and O–H groups in total. The second-order valence-electron chi connectivity index (χ2n) is 5.85. The van der Waals surface area contributed by atoms with Crippen LogP contribution >= 0.6 is 0 Å². The molecule has 8 nitrogen and oxygen atoms in total. The molecule has 1 atom stereocenters. The van der Waals surface area contributed by atoms with Crippen molar-refractivity contribution in [2.24, 2.45) is 0 Å². The van der Waals surface area contributed by atoms with Crippen molar-refractivity contribution in [3.8, 4) is 0 Å². The highest BCUT2D eigenvalue weighted by atomic mass is 16.5. The maximum Gasteiger partial charge on any atom is 0.237 e. The molecule has 1 saturated heterocycles. The Kier molecular flexibility index (Phi) is 4.70. The first-order chi connectivity index (χ1) is 10.7. The number of methoxy groups -OCH3 is 1.